The number of ether oxygens (including phenoxy) is 1. The minimum atomic E-state index is 0.375. The third-order valence-corrected chi connectivity index (χ3v) is 1.90. The minimum Gasteiger partial charge on any atom is -0.377 e. The van der Waals surface area contributed by atoms with Gasteiger partial charge in [-0.2, -0.15) is 0 Å². The molecular weight excluding hydrogens is 126 g/mol. The number of nitrogens with one attached hydrogen (secondary N) is 1. The zero-order chi connectivity index (χ0) is 7.40. The molecular formula is C8H15NO. The molecule has 0 aliphatic carbocycles. The van der Waals surface area contributed by atoms with Crippen molar-refractivity contribution in [3.05, 3.63) is 12.7 Å². The highest BCUT2D eigenvalue weighted by atomic mass is 16.5. The molecule has 0 aromatic carbocycles. The van der Waals surface area contributed by atoms with Gasteiger partial charge in [-0.3, -0.25) is 0 Å². The standard InChI is InChI=1S/C8H15NO/c1-3-5-9-8-4-6-10-7(8)2/h3,7-9H,1,4-6H2,2H3. The van der Waals surface area contributed by atoms with E-state index in [4.69, 9.17) is 4.74 Å². The van der Waals surface area contributed by atoms with Crippen LogP contribution in [0.3, 0.4) is 0 Å². The lowest BCUT2D eigenvalue weighted by Crippen LogP contribution is -2.34. The second-order valence-electron chi connectivity index (χ2n) is 2.67. The summed E-state index contributed by atoms with van der Waals surface area (Å²) in [6.45, 7) is 7.53. The molecule has 0 spiro atoms. The Morgan fingerprint density at radius 2 is 2.60 bits per heavy atom. The van der Waals surface area contributed by atoms with Crippen LogP contribution in [0.1, 0.15) is 13.3 Å². The first kappa shape index (κ1) is 7.76. The van der Waals surface area contributed by atoms with E-state index in [9.17, 15) is 0 Å². The van der Waals surface area contributed by atoms with Crippen LogP contribution in [0.2, 0.25) is 0 Å². The minimum absolute atomic E-state index is 0.375. The third kappa shape index (κ3) is 1.82. The average Bonchev–Trinajstić information content (AvgIpc) is 2.31. The number of rotatable bonds is 3. The molecule has 10 heavy (non-hydrogen) atoms. The zero-order valence-corrected chi connectivity index (χ0v) is 6.47. The average molecular weight is 141 g/mol. The molecule has 2 atom stereocenters. The quantitative estimate of drug-likeness (QED) is 0.591. The lowest BCUT2D eigenvalue weighted by atomic mass is 10.1. The van der Waals surface area contributed by atoms with Crippen molar-refractivity contribution in [1.29, 1.82) is 0 Å². The summed E-state index contributed by atoms with van der Waals surface area (Å²) in [5.41, 5.74) is 0. The normalized spacial score (nSPS) is 32.5. The highest BCUT2D eigenvalue weighted by molar-refractivity contribution is 4.82. The Bertz CT molecular complexity index is 114. The number of hydrogen-bond acceptors (Lipinski definition) is 2. The Balaban J connectivity index is 2.19. The van der Waals surface area contributed by atoms with Crippen LogP contribution in [-0.4, -0.2) is 25.3 Å². The first-order valence-corrected chi connectivity index (χ1v) is 3.80. The Hall–Kier alpha value is -0.340. The van der Waals surface area contributed by atoms with Crippen LogP contribution in [-0.2, 0) is 4.74 Å². The molecule has 2 heteroatoms. The summed E-state index contributed by atoms with van der Waals surface area (Å²) in [5.74, 6) is 0. The zero-order valence-electron chi connectivity index (χ0n) is 6.47. The highest BCUT2D eigenvalue weighted by Crippen LogP contribution is 2.11. The second-order valence-corrected chi connectivity index (χ2v) is 2.67. The highest BCUT2D eigenvalue weighted by Gasteiger charge is 2.22. The van der Waals surface area contributed by atoms with Gasteiger partial charge in [-0.25, -0.2) is 0 Å². The summed E-state index contributed by atoms with van der Waals surface area (Å²) in [5, 5.41) is 3.34. The molecule has 0 radical (unpaired) electrons. The van der Waals surface area contributed by atoms with Gasteiger partial charge in [-0.15, -0.1) is 6.58 Å². The van der Waals surface area contributed by atoms with Crippen LogP contribution >= 0.6 is 0 Å². The molecule has 1 heterocycles. The topological polar surface area (TPSA) is 21.3 Å². The lowest BCUT2D eigenvalue weighted by Gasteiger charge is -2.13. The largest absolute Gasteiger partial charge is 0.377 e. The molecule has 0 amide bonds. The van der Waals surface area contributed by atoms with Crippen LogP contribution in [0.5, 0.6) is 0 Å². The van der Waals surface area contributed by atoms with Crippen LogP contribution in [0.4, 0.5) is 0 Å². The SMILES string of the molecule is C=CCNC1CCOC1C. The van der Waals surface area contributed by atoms with Gasteiger partial charge in [0, 0.05) is 19.2 Å². The van der Waals surface area contributed by atoms with Gasteiger partial charge in [0.1, 0.15) is 0 Å². The lowest BCUT2D eigenvalue weighted by molar-refractivity contribution is 0.114. The molecule has 1 rings (SSSR count). The Morgan fingerprint density at radius 1 is 1.80 bits per heavy atom. The Kier molecular flexibility index (Phi) is 2.90. The van der Waals surface area contributed by atoms with E-state index in [1.54, 1.807) is 0 Å². The molecule has 1 saturated heterocycles. The van der Waals surface area contributed by atoms with Gasteiger partial charge in [0.15, 0.2) is 0 Å². The predicted molar refractivity (Wildman–Crippen MR) is 42.0 cm³/mol. The van der Waals surface area contributed by atoms with Crippen molar-refractivity contribution in [1.82, 2.24) is 5.32 Å². The summed E-state index contributed by atoms with van der Waals surface area (Å²) in [6, 6.07) is 0.540. The van der Waals surface area contributed by atoms with Gasteiger partial charge < -0.3 is 10.1 Å². The molecule has 58 valence electrons. The van der Waals surface area contributed by atoms with Gasteiger partial charge in [-0.05, 0) is 13.3 Å². The third-order valence-electron chi connectivity index (χ3n) is 1.90. The van der Waals surface area contributed by atoms with Crippen molar-refractivity contribution in [2.75, 3.05) is 13.2 Å². The Labute approximate surface area is 62.3 Å². The predicted octanol–water partition coefficient (Wildman–Crippen LogP) is 0.939. The fraction of sp³-hybridized carbons (Fsp3) is 0.750. The molecule has 0 aromatic heterocycles. The number of hydrogen-bond donors (Lipinski definition) is 1. The molecule has 1 N–H and O–H groups in total. The van der Waals surface area contributed by atoms with Crippen LogP contribution in [0, 0.1) is 0 Å². The van der Waals surface area contributed by atoms with E-state index in [1.165, 1.54) is 0 Å². The van der Waals surface area contributed by atoms with E-state index < -0.39 is 0 Å². The van der Waals surface area contributed by atoms with Crippen molar-refractivity contribution in [3.8, 4) is 0 Å². The van der Waals surface area contributed by atoms with Crippen molar-refractivity contribution in [3.63, 3.8) is 0 Å². The maximum absolute atomic E-state index is 5.37. The molecule has 1 aliphatic rings. The maximum atomic E-state index is 5.37. The van der Waals surface area contributed by atoms with Gasteiger partial charge in [-0.1, -0.05) is 6.08 Å². The summed E-state index contributed by atoms with van der Waals surface area (Å²) in [7, 11) is 0. The molecule has 0 bridgehead atoms. The van der Waals surface area contributed by atoms with Crippen molar-refractivity contribution < 1.29 is 4.74 Å². The molecule has 0 saturated carbocycles. The van der Waals surface area contributed by atoms with Crippen LogP contribution < -0.4 is 5.32 Å². The van der Waals surface area contributed by atoms with E-state index in [0.717, 1.165) is 19.6 Å². The van der Waals surface area contributed by atoms with Gasteiger partial charge in [0.25, 0.3) is 0 Å². The molecule has 2 nitrogen and oxygen atoms in total. The molecule has 0 aromatic rings. The monoisotopic (exact) mass is 141 g/mol. The van der Waals surface area contributed by atoms with E-state index >= 15 is 0 Å². The smallest absolute Gasteiger partial charge is 0.0700 e. The van der Waals surface area contributed by atoms with E-state index in [0.29, 0.717) is 12.1 Å². The maximum Gasteiger partial charge on any atom is 0.0700 e. The van der Waals surface area contributed by atoms with Crippen LogP contribution in [0.25, 0.3) is 0 Å². The summed E-state index contributed by atoms with van der Waals surface area (Å²) >= 11 is 0. The van der Waals surface area contributed by atoms with Crippen LogP contribution in [0.15, 0.2) is 12.7 Å². The van der Waals surface area contributed by atoms with Crippen molar-refractivity contribution >= 4 is 0 Å². The van der Waals surface area contributed by atoms with Gasteiger partial charge in [0.05, 0.1) is 6.10 Å². The van der Waals surface area contributed by atoms with Crippen molar-refractivity contribution in [2.45, 2.75) is 25.5 Å². The fourth-order valence-electron chi connectivity index (χ4n) is 1.23. The summed E-state index contributed by atoms with van der Waals surface area (Å²) < 4.78 is 5.37. The van der Waals surface area contributed by atoms with Gasteiger partial charge >= 0.3 is 0 Å². The van der Waals surface area contributed by atoms with Gasteiger partial charge in [0.2, 0.25) is 0 Å². The molecule has 1 aliphatic heterocycles. The van der Waals surface area contributed by atoms with E-state index in [1.807, 2.05) is 6.08 Å². The summed E-state index contributed by atoms with van der Waals surface area (Å²) in [4.78, 5) is 0. The fourth-order valence-corrected chi connectivity index (χ4v) is 1.23. The Morgan fingerprint density at radius 3 is 3.10 bits per heavy atom. The molecule has 2 unspecified atom stereocenters. The molecule has 1 fully saturated rings. The van der Waals surface area contributed by atoms with E-state index in [-0.39, 0.29) is 0 Å². The van der Waals surface area contributed by atoms with E-state index in [2.05, 4.69) is 18.8 Å². The first-order chi connectivity index (χ1) is 4.84. The first-order valence-electron chi connectivity index (χ1n) is 3.80. The van der Waals surface area contributed by atoms with Crippen molar-refractivity contribution in [2.24, 2.45) is 0 Å². The summed E-state index contributed by atoms with van der Waals surface area (Å²) in [6.07, 6.45) is 3.39. The second kappa shape index (κ2) is 3.74.